The molecule has 0 saturated heterocycles. The molecular weight excluding hydrogens is 218 g/mol. The van der Waals surface area contributed by atoms with E-state index in [1.807, 2.05) is 11.3 Å². The number of aryl methyl sites for hydroxylation is 2. The lowest BCUT2D eigenvalue weighted by Gasteiger charge is -2.13. The molecule has 1 unspecified atom stereocenters. The first-order chi connectivity index (χ1) is 7.65. The van der Waals surface area contributed by atoms with Crippen molar-refractivity contribution < 1.29 is 4.74 Å². The minimum atomic E-state index is 0.425. The second-order valence-electron chi connectivity index (χ2n) is 3.94. The molecule has 2 nitrogen and oxygen atoms in total. The van der Waals surface area contributed by atoms with Gasteiger partial charge in [-0.2, -0.15) is 0 Å². The Balaban J connectivity index is 2.32. The second kappa shape index (κ2) is 6.71. The van der Waals surface area contributed by atoms with Crippen molar-refractivity contribution in [3.05, 3.63) is 34.2 Å². The SMILES string of the molecule is C=COCCCNC(C)c1cc(C)sc1C. The molecule has 0 spiro atoms. The molecule has 1 atom stereocenters. The molecule has 0 radical (unpaired) electrons. The summed E-state index contributed by atoms with van der Waals surface area (Å²) in [5, 5.41) is 3.50. The summed E-state index contributed by atoms with van der Waals surface area (Å²) in [5.41, 5.74) is 1.42. The van der Waals surface area contributed by atoms with E-state index in [2.05, 4.69) is 38.7 Å². The van der Waals surface area contributed by atoms with E-state index in [1.165, 1.54) is 21.6 Å². The minimum Gasteiger partial charge on any atom is -0.502 e. The Morgan fingerprint density at radius 3 is 2.88 bits per heavy atom. The van der Waals surface area contributed by atoms with Crippen molar-refractivity contribution in [3.63, 3.8) is 0 Å². The summed E-state index contributed by atoms with van der Waals surface area (Å²) in [7, 11) is 0. The zero-order valence-electron chi connectivity index (χ0n) is 10.4. The van der Waals surface area contributed by atoms with Crippen molar-refractivity contribution in [1.29, 1.82) is 0 Å². The highest BCUT2D eigenvalue weighted by molar-refractivity contribution is 7.12. The molecule has 90 valence electrons. The van der Waals surface area contributed by atoms with Crippen LogP contribution in [0.1, 0.15) is 34.7 Å². The highest BCUT2D eigenvalue weighted by Crippen LogP contribution is 2.25. The fraction of sp³-hybridized carbons (Fsp3) is 0.538. The molecule has 0 aliphatic rings. The van der Waals surface area contributed by atoms with Crippen LogP contribution in [0.2, 0.25) is 0 Å². The molecule has 3 heteroatoms. The van der Waals surface area contributed by atoms with Crippen LogP contribution in [0.25, 0.3) is 0 Å². The Labute approximate surface area is 102 Å². The Bertz CT molecular complexity index is 333. The van der Waals surface area contributed by atoms with E-state index in [4.69, 9.17) is 4.74 Å². The number of thiophene rings is 1. The zero-order chi connectivity index (χ0) is 12.0. The first-order valence-electron chi connectivity index (χ1n) is 5.68. The molecule has 16 heavy (non-hydrogen) atoms. The molecule has 1 rings (SSSR count). The molecule has 0 fully saturated rings. The van der Waals surface area contributed by atoms with Gasteiger partial charge in [-0.05, 0) is 45.4 Å². The fourth-order valence-electron chi connectivity index (χ4n) is 1.75. The molecule has 0 aliphatic heterocycles. The minimum absolute atomic E-state index is 0.425. The van der Waals surface area contributed by atoms with Gasteiger partial charge in [0.25, 0.3) is 0 Å². The third-order valence-corrected chi connectivity index (χ3v) is 3.53. The van der Waals surface area contributed by atoms with E-state index in [-0.39, 0.29) is 0 Å². The lowest BCUT2D eigenvalue weighted by atomic mass is 10.1. The highest BCUT2D eigenvalue weighted by atomic mass is 32.1. The van der Waals surface area contributed by atoms with Crippen LogP contribution in [-0.2, 0) is 4.74 Å². The number of hydrogen-bond acceptors (Lipinski definition) is 3. The predicted octanol–water partition coefficient (Wildman–Crippen LogP) is 3.57. The number of hydrogen-bond donors (Lipinski definition) is 1. The van der Waals surface area contributed by atoms with Crippen molar-refractivity contribution in [1.82, 2.24) is 5.32 Å². The van der Waals surface area contributed by atoms with Gasteiger partial charge in [-0.15, -0.1) is 11.3 Å². The molecule has 0 bridgehead atoms. The van der Waals surface area contributed by atoms with E-state index < -0.39 is 0 Å². The zero-order valence-corrected chi connectivity index (χ0v) is 11.2. The summed E-state index contributed by atoms with van der Waals surface area (Å²) in [6.07, 6.45) is 2.51. The molecule has 0 aliphatic carbocycles. The highest BCUT2D eigenvalue weighted by Gasteiger charge is 2.09. The van der Waals surface area contributed by atoms with Crippen LogP contribution in [0.3, 0.4) is 0 Å². The monoisotopic (exact) mass is 239 g/mol. The van der Waals surface area contributed by atoms with Gasteiger partial charge in [0.15, 0.2) is 0 Å². The summed E-state index contributed by atoms with van der Waals surface area (Å²) in [4.78, 5) is 2.80. The van der Waals surface area contributed by atoms with Gasteiger partial charge in [0.2, 0.25) is 0 Å². The number of rotatable bonds is 7. The third-order valence-electron chi connectivity index (χ3n) is 2.55. The maximum absolute atomic E-state index is 5.07. The Kier molecular flexibility index (Phi) is 5.56. The first kappa shape index (κ1) is 13.3. The summed E-state index contributed by atoms with van der Waals surface area (Å²) in [6.45, 7) is 11.8. The van der Waals surface area contributed by atoms with E-state index in [9.17, 15) is 0 Å². The topological polar surface area (TPSA) is 21.3 Å². The van der Waals surface area contributed by atoms with Gasteiger partial charge in [0.1, 0.15) is 0 Å². The van der Waals surface area contributed by atoms with Crippen LogP contribution in [0, 0.1) is 13.8 Å². The lowest BCUT2D eigenvalue weighted by Crippen LogP contribution is -2.20. The van der Waals surface area contributed by atoms with Gasteiger partial charge >= 0.3 is 0 Å². The molecule has 0 saturated carbocycles. The van der Waals surface area contributed by atoms with E-state index in [1.54, 1.807) is 0 Å². The van der Waals surface area contributed by atoms with Crippen LogP contribution in [0.5, 0.6) is 0 Å². The molecule has 1 heterocycles. The smallest absolute Gasteiger partial charge is 0.0885 e. The van der Waals surface area contributed by atoms with Crippen molar-refractivity contribution in [3.8, 4) is 0 Å². The summed E-state index contributed by atoms with van der Waals surface area (Å²) >= 11 is 1.87. The van der Waals surface area contributed by atoms with Gasteiger partial charge in [0.05, 0.1) is 12.9 Å². The predicted molar refractivity (Wildman–Crippen MR) is 71.0 cm³/mol. The number of nitrogens with one attached hydrogen (secondary N) is 1. The van der Waals surface area contributed by atoms with Gasteiger partial charge in [-0.1, -0.05) is 6.58 Å². The number of ether oxygens (including phenoxy) is 1. The average molecular weight is 239 g/mol. The van der Waals surface area contributed by atoms with Crippen LogP contribution in [0.15, 0.2) is 18.9 Å². The Hall–Kier alpha value is -0.800. The molecule has 1 N–H and O–H groups in total. The molecular formula is C13H21NOS. The van der Waals surface area contributed by atoms with Crippen molar-refractivity contribution >= 4 is 11.3 Å². The second-order valence-corrected chi connectivity index (χ2v) is 5.40. The largest absolute Gasteiger partial charge is 0.502 e. The van der Waals surface area contributed by atoms with Gasteiger partial charge < -0.3 is 10.1 Å². The van der Waals surface area contributed by atoms with Crippen LogP contribution in [0.4, 0.5) is 0 Å². The van der Waals surface area contributed by atoms with Crippen LogP contribution < -0.4 is 5.32 Å². The van der Waals surface area contributed by atoms with Gasteiger partial charge in [-0.25, -0.2) is 0 Å². The van der Waals surface area contributed by atoms with E-state index in [0.717, 1.165) is 19.6 Å². The third kappa shape index (κ3) is 3.99. The fourth-order valence-corrected chi connectivity index (χ4v) is 2.77. The summed E-state index contributed by atoms with van der Waals surface area (Å²) in [5.74, 6) is 0. The van der Waals surface area contributed by atoms with Crippen molar-refractivity contribution in [2.75, 3.05) is 13.2 Å². The Morgan fingerprint density at radius 1 is 1.56 bits per heavy atom. The quantitative estimate of drug-likeness (QED) is 0.580. The summed E-state index contributed by atoms with van der Waals surface area (Å²) in [6, 6.07) is 2.70. The van der Waals surface area contributed by atoms with Crippen molar-refractivity contribution in [2.45, 2.75) is 33.2 Å². The standard InChI is InChI=1S/C13H21NOS/c1-5-15-8-6-7-14-11(3)13-9-10(2)16-12(13)4/h5,9,11,14H,1,6-8H2,2-4H3. The van der Waals surface area contributed by atoms with Gasteiger partial charge in [-0.3, -0.25) is 0 Å². The Morgan fingerprint density at radius 2 is 2.31 bits per heavy atom. The van der Waals surface area contributed by atoms with Gasteiger partial charge in [0, 0.05) is 15.8 Å². The normalized spacial score (nSPS) is 12.4. The van der Waals surface area contributed by atoms with Crippen LogP contribution in [-0.4, -0.2) is 13.2 Å². The van der Waals surface area contributed by atoms with Crippen molar-refractivity contribution in [2.24, 2.45) is 0 Å². The maximum Gasteiger partial charge on any atom is 0.0885 e. The van der Waals surface area contributed by atoms with E-state index in [0.29, 0.717) is 6.04 Å². The first-order valence-corrected chi connectivity index (χ1v) is 6.49. The molecule has 0 amide bonds. The molecule has 0 aromatic carbocycles. The average Bonchev–Trinajstić information content (AvgIpc) is 2.57. The van der Waals surface area contributed by atoms with Crippen LogP contribution >= 0.6 is 11.3 Å². The lowest BCUT2D eigenvalue weighted by molar-refractivity contribution is 0.243. The summed E-state index contributed by atoms with van der Waals surface area (Å²) < 4.78 is 5.07. The molecule has 1 aromatic rings. The maximum atomic E-state index is 5.07. The van der Waals surface area contributed by atoms with E-state index >= 15 is 0 Å². The molecule has 1 aromatic heterocycles.